The SMILES string of the molecule is COCCN(CC1CCCN1)S(=O)(=O)Cc1ccccc1. The summed E-state index contributed by atoms with van der Waals surface area (Å²) in [5, 5.41) is 3.35. The molecule has 1 saturated heterocycles. The molecule has 1 aromatic rings. The van der Waals surface area contributed by atoms with Gasteiger partial charge in [0.15, 0.2) is 0 Å². The Morgan fingerprint density at radius 1 is 1.33 bits per heavy atom. The van der Waals surface area contributed by atoms with Gasteiger partial charge in [-0.15, -0.1) is 0 Å². The van der Waals surface area contributed by atoms with Crippen molar-refractivity contribution < 1.29 is 13.2 Å². The Hall–Kier alpha value is -0.950. The van der Waals surface area contributed by atoms with Crippen LogP contribution in [-0.2, 0) is 20.5 Å². The fourth-order valence-corrected chi connectivity index (χ4v) is 4.13. The van der Waals surface area contributed by atoms with Crippen LogP contribution in [0.3, 0.4) is 0 Å². The van der Waals surface area contributed by atoms with E-state index in [0.29, 0.717) is 19.7 Å². The molecule has 1 aromatic carbocycles. The molecule has 1 aliphatic heterocycles. The summed E-state index contributed by atoms with van der Waals surface area (Å²) in [7, 11) is -1.73. The largest absolute Gasteiger partial charge is 0.383 e. The summed E-state index contributed by atoms with van der Waals surface area (Å²) in [6.45, 7) is 2.32. The number of nitrogens with one attached hydrogen (secondary N) is 1. The fraction of sp³-hybridized carbons (Fsp3) is 0.600. The normalized spacial score (nSPS) is 19.2. The van der Waals surface area contributed by atoms with Gasteiger partial charge in [0.05, 0.1) is 12.4 Å². The number of nitrogens with zero attached hydrogens (tertiary/aromatic N) is 1. The average Bonchev–Trinajstić information content (AvgIpc) is 2.97. The molecule has 0 spiro atoms. The second-order valence-electron chi connectivity index (χ2n) is 5.39. The number of methoxy groups -OCH3 is 1. The molecule has 1 unspecified atom stereocenters. The van der Waals surface area contributed by atoms with Crippen LogP contribution in [0.5, 0.6) is 0 Å². The van der Waals surface area contributed by atoms with Gasteiger partial charge in [0, 0.05) is 26.2 Å². The fourth-order valence-electron chi connectivity index (χ4n) is 2.57. The highest BCUT2D eigenvalue weighted by atomic mass is 32.2. The third-order valence-corrected chi connectivity index (χ3v) is 5.53. The van der Waals surface area contributed by atoms with Crippen LogP contribution in [0, 0.1) is 0 Å². The standard InChI is InChI=1S/C15H24N2O3S/c1-20-11-10-17(12-15-8-5-9-16-15)21(18,19)13-14-6-3-2-4-7-14/h2-4,6-7,15-16H,5,8-13H2,1H3. The number of benzene rings is 1. The summed E-state index contributed by atoms with van der Waals surface area (Å²) in [5.41, 5.74) is 0.819. The number of hydrogen-bond donors (Lipinski definition) is 1. The van der Waals surface area contributed by atoms with Crippen molar-refractivity contribution in [1.29, 1.82) is 0 Å². The minimum Gasteiger partial charge on any atom is -0.383 e. The summed E-state index contributed by atoms with van der Waals surface area (Å²) >= 11 is 0. The molecule has 1 atom stereocenters. The molecule has 6 heteroatoms. The predicted molar refractivity (Wildman–Crippen MR) is 83.5 cm³/mol. The molecule has 5 nitrogen and oxygen atoms in total. The van der Waals surface area contributed by atoms with Crippen LogP contribution in [0.4, 0.5) is 0 Å². The van der Waals surface area contributed by atoms with E-state index in [1.54, 1.807) is 11.4 Å². The Balaban J connectivity index is 2.05. The smallest absolute Gasteiger partial charge is 0.218 e. The van der Waals surface area contributed by atoms with Gasteiger partial charge in [-0.05, 0) is 24.9 Å². The van der Waals surface area contributed by atoms with Crippen molar-refractivity contribution in [3.63, 3.8) is 0 Å². The van der Waals surface area contributed by atoms with Gasteiger partial charge in [0.2, 0.25) is 10.0 Å². The van der Waals surface area contributed by atoms with Gasteiger partial charge in [0.1, 0.15) is 0 Å². The minimum absolute atomic E-state index is 0.0459. The number of hydrogen-bond acceptors (Lipinski definition) is 4. The molecule has 0 radical (unpaired) electrons. The van der Waals surface area contributed by atoms with Crippen molar-refractivity contribution in [2.45, 2.75) is 24.6 Å². The highest BCUT2D eigenvalue weighted by molar-refractivity contribution is 7.88. The third kappa shape index (κ3) is 5.07. The topological polar surface area (TPSA) is 58.6 Å². The molecule has 1 aliphatic rings. The molecular weight excluding hydrogens is 288 g/mol. The van der Waals surface area contributed by atoms with Crippen molar-refractivity contribution in [1.82, 2.24) is 9.62 Å². The summed E-state index contributed by atoms with van der Waals surface area (Å²) in [6, 6.07) is 9.57. The van der Waals surface area contributed by atoms with E-state index in [0.717, 1.165) is 24.9 Å². The molecule has 1 N–H and O–H groups in total. The molecule has 0 saturated carbocycles. The first-order valence-electron chi connectivity index (χ1n) is 7.36. The van der Waals surface area contributed by atoms with Gasteiger partial charge in [0.25, 0.3) is 0 Å². The first kappa shape index (κ1) is 16.4. The molecule has 2 rings (SSSR count). The lowest BCUT2D eigenvalue weighted by molar-refractivity contribution is 0.176. The number of ether oxygens (including phenoxy) is 1. The van der Waals surface area contributed by atoms with E-state index in [9.17, 15) is 8.42 Å². The highest BCUT2D eigenvalue weighted by Crippen LogP contribution is 2.14. The van der Waals surface area contributed by atoms with E-state index in [4.69, 9.17) is 4.74 Å². The minimum atomic E-state index is -3.32. The van der Waals surface area contributed by atoms with Gasteiger partial charge in [-0.1, -0.05) is 30.3 Å². The first-order chi connectivity index (χ1) is 10.1. The summed E-state index contributed by atoms with van der Waals surface area (Å²) < 4.78 is 31.9. The zero-order chi connectivity index (χ0) is 15.1. The molecule has 1 heterocycles. The van der Waals surface area contributed by atoms with Crippen LogP contribution in [0.15, 0.2) is 30.3 Å². The molecular formula is C15H24N2O3S. The van der Waals surface area contributed by atoms with Crippen LogP contribution in [0.25, 0.3) is 0 Å². The second kappa shape index (κ2) is 7.89. The molecule has 0 aliphatic carbocycles. The number of rotatable bonds is 8. The van der Waals surface area contributed by atoms with E-state index in [1.165, 1.54) is 0 Å². The van der Waals surface area contributed by atoms with Crippen LogP contribution >= 0.6 is 0 Å². The Morgan fingerprint density at radius 2 is 2.10 bits per heavy atom. The lowest BCUT2D eigenvalue weighted by Gasteiger charge is -2.25. The monoisotopic (exact) mass is 312 g/mol. The van der Waals surface area contributed by atoms with Crippen molar-refractivity contribution >= 4 is 10.0 Å². The maximum Gasteiger partial charge on any atom is 0.218 e. The zero-order valence-electron chi connectivity index (χ0n) is 12.5. The molecule has 0 bridgehead atoms. The van der Waals surface area contributed by atoms with Crippen LogP contribution in [-0.4, -0.2) is 52.1 Å². The van der Waals surface area contributed by atoms with Gasteiger partial charge in [-0.2, -0.15) is 4.31 Å². The quantitative estimate of drug-likeness (QED) is 0.784. The predicted octanol–water partition coefficient (Wildman–Crippen LogP) is 1.22. The van der Waals surface area contributed by atoms with E-state index in [-0.39, 0.29) is 11.8 Å². The summed E-state index contributed by atoms with van der Waals surface area (Å²) in [5.74, 6) is 0.0459. The van der Waals surface area contributed by atoms with Crippen molar-refractivity contribution in [3.8, 4) is 0 Å². The van der Waals surface area contributed by atoms with Crippen LogP contribution in [0.1, 0.15) is 18.4 Å². The van der Waals surface area contributed by atoms with Crippen molar-refractivity contribution in [2.75, 3.05) is 33.4 Å². The van der Waals surface area contributed by atoms with E-state index >= 15 is 0 Å². The first-order valence-corrected chi connectivity index (χ1v) is 8.97. The molecule has 0 aromatic heterocycles. The van der Waals surface area contributed by atoms with Gasteiger partial charge in [-0.25, -0.2) is 8.42 Å². The summed E-state index contributed by atoms with van der Waals surface area (Å²) in [6.07, 6.45) is 2.14. The molecule has 1 fully saturated rings. The summed E-state index contributed by atoms with van der Waals surface area (Å²) in [4.78, 5) is 0. The van der Waals surface area contributed by atoms with E-state index < -0.39 is 10.0 Å². The number of sulfonamides is 1. The Bertz CT molecular complexity index is 513. The zero-order valence-corrected chi connectivity index (χ0v) is 13.3. The van der Waals surface area contributed by atoms with Crippen LogP contribution in [0.2, 0.25) is 0 Å². The van der Waals surface area contributed by atoms with Gasteiger partial charge in [-0.3, -0.25) is 0 Å². The van der Waals surface area contributed by atoms with E-state index in [1.807, 2.05) is 30.3 Å². The highest BCUT2D eigenvalue weighted by Gasteiger charge is 2.26. The Morgan fingerprint density at radius 3 is 2.71 bits per heavy atom. The van der Waals surface area contributed by atoms with Gasteiger partial charge < -0.3 is 10.1 Å². The lowest BCUT2D eigenvalue weighted by Crippen LogP contribution is -2.43. The molecule has 118 valence electrons. The molecule has 21 heavy (non-hydrogen) atoms. The van der Waals surface area contributed by atoms with Crippen molar-refractivity contribution in [3.05, 3.63) is 35.9 Å². The lowest BCUT2D eigenvalue weighted by atomic mass is 10.2. The maximum absolute atomic E-state index is 12.6. The Kier molecular flexibility index (Phi) is 6.17. The van der Waals surface area contributed by atoms with Gasteiger partial charge >= 0.3 is 0 Å². The van der Waals surface area contributed by atoms with Crippen LogP contribution < -0.4 is 5.32 Å². The maximum atomic E-state index is 12.6. The van der Waals surface area contributed by atoms with Crippen molar-refractivity contribution in [2.24, 2.45) is 0 Å². The molecule has 0 amide bonds. The average molecular weight is 312 g/mol. The third-order valence-electron chi connectivity index (χ3n) is 3.72. The second-order valence-corrected chi connectivity index (χ2v) is 7.35. The Labute approximate surface area is 127 Å². The van der Waals surface area contributed by atoms with E-state index in [2.05, 4.69) is 5.32 Å².